The zero-order valence-electron chi connectivity index (χ0n) is 10.9. The highest BCUT2D eigenvalue weighted by atomic mass is 79.9. The van der Waals surface area contributed by atoms with Crippen LogP contribution in [0.5, 0.6) is 11.6 Å². The lowest BCUT2D eigenvalue weighted by Gasteiger charge is -2.10. The second-order valence-electron chi connectivity index (χ2n) is 4.34. The highest BCUT2D eigenvalue weighted by Crippen LogP contribution is 2.38. The first-order chi connectivity index (χ1) is 9.38. The van der Waals surface area contributed by atoms with Crippen LogP contribution in [0.1, 0.15) is 11.1 Å². The summed E-state index contributed by atoms with van der Waals surface area (Å²) in [6.07, 6.45) is 1.59. The Morgan fingerprint density at radius 3 is 2.65 bits per heavy atom. The fourth-order valence-electron chi connectivity index (χ4n) is 1.74. The van der Waals surface area contributed by atoms with E-state index in [1.54, 1.807) is 25.3 Å². The van der Waals surface area contributed by atoms with E-state index < -0.39 is 4.92 Å². The zero-order chi connectivity index (χ0) is 14.9. The second kappa shape index (κ2) is 5.46. The number of aromatic nitrogens is 1. The number of nitrogen functional groups attached to an aromatic ring is 1. The Labute approximate surface area is 123 Å². The molecule has 104 valence electrons. The van der Waals surface area contributed by atoms with Crippen LogP contribution in [0.3, 0.4) is 0 Å². The molecule has 0 aliphatic heterocycles. The third-order valence-electron chi connectivity index (χ3n) is 2.63. The van der Waals surface area contributed by atoms with Gasteiger partial charge in [-0.1, -0.05) is 15.9 Å². The highest BCUT2D eigenvalue weighted by molar-refractivity contribution is 9.10. The molecule has 0 bridgehead atoms. The first-order valence-corrected chi connectivity index (χ1v) is 6.52. The predicted molar refractivity (Wildman–Crippen MR) is 79.0 cm³/mol. The van der Waals surface area contributed by atoms with Gasteiger partial charge in [0.05, 0.1) is 10.6 Å². The quantitative estimate of drug-likeness (QED) is 0.680. The Bertz CT molecular complexity index is 689. The van der Waals surface area contributed by atoms with Crippen LogP contribution in [0.4, 0.5) is 11.4 Å². The van der Waals surface area contributed by atoms with Crippen molar-refractivity contribution in [2.45, 2.75) is 13.8 Å². The number of aryl methyl sites for hydroxylation is 2. The first-order valence-electron chi connectivity index (χ1n) is 5.73. The van der Waals surface area contributed by atoms with Crippen LogP contribution in [-0.4, -0.2) is 9.91 Å². The van der Waals surface area contributed by atoms with Crippen LogP contribution in [0.25, 0.3) is 0 Å². The Morgan fingerprint density at radius 1 is 1.35 bits per heavy atom. The molecule has 1 heterocycles. The van der Waals surface area contributed by atoms with Crippen molar-refractivity contribution in [3.05, 3.63) is 50.1 Å². The maximum atomic E-state index is 11.1. The van der Waals surface area contributed by atoms with Gasteiger partial charge in [-0.05, 0) is 31.5 Å². The van der Waals surface area contributed by atoms with Gasteiger partial charge in [0, 0.05) is 22.3 Å². The van der Waals surface area contributed by atoms with Crippen molar-refractivity contribution in [3.63, 3.8) is 0 Å². The van der Waals surface area contributed by atoms with E-state index in [1.165, 1.54) is 6.07 Å². The number of nitrogens with two attached hydrogens (primary N) is 1. The maximum Gasteiger partial charge on any atom is 0.313 e. The fourth-order valence-corrected chi connectivity index (χ4v) is 2.30. The Hall–Kier alpha value is -2.15. The van der Waals surface area contributed by atoms with Crippen LogP contribution in [-0.2, 0) is 0 Å². The number of hydrogen-bond donors (Lipinski definition) is 1. The number of halogens is 1. The van der Waals surface area contributed by atoms with E-state index in [1.807, 2.05) is 6.92 Å². The van der Waals surface area contributed by atoms with E-state index in [9.17, 15) is 10.1 Å². The molecule has 2 rings (SSSR count). The lowest BCUT2D eigenvalue weighted by Crippen LogP contribution is -2.00. The normalized spacial score (nSPS) is 10.3. The average Bonchev–Trinajstić information content (AvgIpc) is 2.34. The van der Waals surface area contributed by atoms with Crippen molar-refractivity contribution in [1.82, 2.24) is 4.98 Å². The van der Waals surface area contributed by atoms with Crippen molar-refractivity contribution in [1.29, 1.82) is 0 Å². The monoisotopic (exact) mass is 337 g/mol. The molecule has 2 aromatic rings. The molecule has 6 nitrogen and oxygen atoms in total. The van der Waals surface area contributed by atoms with Gasteiger partial charge < -0.3 is 10.5 Å². The molecule has 2 N–H and O–H groups in total. The summed E-state index contributed by atoms with van der Waals surface area (Å²) in [5.74, 6) is 0.297. The van der Waals surface area contributed by atoms with E-state index in [-0.39, 0.29) is 17.3 Å². The third-order valence-corrected chi connectivity index (χ3v) is 3.09. The summed E-state index contributed by atoms with van der Waals surface area (Å²) in [6.45, 7) is 3.57. The molecule has 0 saturated carbocycles. The van der Waals surface area contributed by atoms with Gasteiger partial charge >= 0.3 is 5.69 Å². The van der Waals surface area contributed by atoms with Crippen LogP contribution in [0.15, 0.2) is 28.9 Å². The Morgan fingerprint density at radius 2 is 2.05 bits per heavy atom. The molecule has 0 amide bonds. The standard InChI is InChI=1S/C13H12BrN3O3/c1-7-3-10(15)13(16-6-7)20-12-8(2)4-9(14)5-11(12)17(18)19/h3-6H,15H2,1-2H3. The minimum Gasteiger partial charge on any atom is -0.429 e. The van der Waals surface area contributed by atoms with Crippen LogP contribution in [0, 0.1) is 24.0 Å². The van der Waals surface area contributed by atoms with Gasteiger partial charge in [-0.3, -0.25) is 10.1 Å². The summed E-state index contributed by atoms with van der Waals surface area (Å²) < 4.78 is 6.15. The molecule has 0 aliphatic carbocycles. The third kappa shape index (κ3) is 2.88. The first kappa shape index (κ1) is 14.3. The van der Waals surface area contributed by atoms with E-state index in [0.29, 0.717) is 15.7 Å². The summed E-state index contributed by atoms with van der Waals surface area (Å²) in [5.41, 5.74) is 7.51. The number of hydrogen-bond acceptors (Lipinski definition) is 5. The summed E-state index contributed by atoms with van der Waals surface area (Å²) >= 11 is 3.22. The second-order valence-corrected chi connectivity index (χ2v) is 5.25. The maximum absolute atomic E-state index is 11.1. The van der Waals surface area contributed by atoms with Gasteiger partial charge in [-0.2, -0.15) is 0 Å². The lowest BCUT2D eigenvalue weighted by atomic mass is 10.2. The predicted octanol–water partition coefficient (Wildman–Crippen LogP) is 3.74. The lowest BCUT2D eigenvalue weighted by molar-refractivity contribution is -0.385. The van der Waals surface area contributed by atoms with Crippen molar-refractivity contribution >= 4 is 27.3 Å². The minimum absolute atomic E-state index is 0.140. The molecule has 0 saturated heterocycles. The molecule has 1 aromatic heterocycles. The molecule has 1 aromatic carbocycles. The van der Waals surface area contributed by atoms with Gasteiger partial charge in [0.1, 0.15) is 0 Å². The molecule has 20 heavy (non-hydrogen) atoms. The number of anilines is 1. The molecular formula is C13H12BrN3O3. The van der Waals surface area contributed by atoms with E-state index in [0.717, 1.165) is 5.56 Å². The number of benzene rings is 1. The van der Waals surface area contributed by atoms with Gasteiger partial charge in [0.25, 0.3) is 0 Å². The van der Waals surface area contributed by atoms with Gasteiger partial charge in [-0.15, -0.1) is 0 Å². The molecule has 0 radical (unpaired) electrons. The highest BCUT2D eigenvalue weighted by Gasteiger charge is 2.21. The Balaban J connectivity index is 2.50. The number of nitrogens with zero attached hydrogens (tertiary/aromatic N) is 2. The molecule has 0 aliphatic rings. The van der Waals surface area contributed by atoms with E-state index in [2.05, 4.69) is 20.9 Å². The molecular weight excluding hydrogens is 326 g/mol. The molecule has 7 heteroatoms. The van der Waals surface area contributed by atoms with Crippen LogP contribution >= 0.6 is 15.9 Å². The topological polar surface area (TPSA) is 91.3 Å². The average molecular weight is 338 g/mol. The van der Waals surface area contributed by atoms with Crippen molar-refractivity contribution < 1.29 is 9.66 Å². The summed E-state index contributed by atoms with van der Waals surface area (Å²) in [7, 11) is 0. The number of rotatable bonds is 3. The smallest absolute Gasteiger partial charge is 0.313 e. The molecule has 0 spiro atoms. The van der Waals surface area contributed by atoms with Crippen LogP contribution in [0.2, 0.25) is 0 Å². The number of ether oxygens (including phenoxy) is 1. The molecule has 0 atom stereocenters. The SMILES string of the molecule is Cc1cnc(Oc2c(C)cc(Br)cc2[N+](=O)[O-])c(N)c1. The van der Waals surface area contributed by atoms with Crippen molar-refractivity contribution in [2.75, 3.05) is 5.73 Å². The van der Waals surface area contributed by atoms with Crippen molar-refractivity contribution in [2.24, 2.45) is 0 Å². The van der Waals surface area contributed by atoms with Gasteiger partial charge in [-0.25, -0.2) is 4.98 Å². The number of nitro groups is 1. The molecule has 0 unspecified atom stereocenters. The largest absolute Gasteiger partial charge is 0.429 e. The van der Waals surface area contributed by atoms with Gasteiger partial charge in [0.2, 0.25) is 11.6 Å². The zero-order valence-corrected chi connectivity index (χ0v) is 12.5. The summed E-state index contributed by atoms with van der Waals surface area (Å²) in [4.78, 5) is 14.7. The fraction of sp³-hybridized carbons (Fsp3) is 0.154. The summed E-state index contributed by atoms with van der Waals surface area (Å²) in [5, 5.41) is 11.1. The summed E-state index contributed by atoms with van der Waals surface area (Å²) in [6, 6.07) is 4.81. The molecule has 0 fully saturated rings. The van der Waals surface area contributed by atoms with Crippen molar-refractivity contribution in [3.8, 4) is 11.6 Å². The minimum atomic E-state index is -0.503. The van der Waals surface area contributed by atoms with Crippen LogP contribution < -0.4 is 10.5 Å². The number of nitro benzene ring substituents is 1. The Kier molecular flexibility index (Phi) is 3.89. The van der Waals surface area contributed by atoms with E-state index in [4.69, 9.17) is 10.5 Å². The van der Waals surface area contributed by atoms with Gasteiger partial charge in [0.15, 0.2) is 0 Å². The van der Waals surface area contributed by atoms with E-state index >= 15 is 0 Å². The number of pyridine rings is 1.